The van der Waals surface area contributed by atoms with Crippen molar-refractivity contribution in [1.29, 1.82) is 0 Å². The average Bonchev–Trinajstić information content (AvgIpc) is 2.92. The minimum Gasteiger partial charge on any atom is -0.449 e. The number of fused-ring (bicyclic) bond motifs is 2. The van der Waals surface area contributed by atoms with Crippen molar-refractivity contribution >= 4 is 28.8 Å². The van der Waals surface area contributed by atoms with Crippen LogP contribution >= 0.6 is 0 Å². The number of rotatable bonds is 4. The van der Waals surface area contributed by atoms with Gasteiger partial charge in [0.05, 0.1) is 16.5 Å². The zero-order valence-electron chi connectivity index (χ0n) is 17.4. The molecule has 9 nitrogen and oxygen atoms in total. The van der Waals surface area contributed by atoms with Gasteiger partial charge in [0.2, 0.25) is 0 Å². The normalized spacial score (nSPS) is 14.5. The van der Waals surface area contributed by atoms with Crippen LogP contribution in [0.15, 0.2) is 23.0 Å². The van der Waals surface area contributed by atoms with Crippen LogP contribution in [0, 0.1) is 0 Å². The molecule has 3 amide bonds. The Morgan fingerprint density at radius 1 is 1.13 bits per heavy atom. The molecule has 0 saturated heterocycles. The van der Waals surface area contributed by atoms with Crippen LogP contribution in [0.25, 0.3) is 10.9 Å². The standard InChI is InChI=1S/C21H26N4O5/c1-12(2)22-21(29)24-18(26)13(3)30-20(28)14-8-9-15-16(11-14)23-17-7-5-4-6-10-25(17)19(15)27/h8-9,11-13H,4-7,10H2,1-3H3,(H2,22,24,26,29)/t13-/m1/s1. The van der Waals surface area contributed by atoms with Crippen LogP contribution in [-0.2, 0) is 22.5 Å². The number of esters is 1. The molecule has 1 aromatic carbocycles. The van der Waals surface area contributed by atoms with Gasteiger partial charge in [-0.05, 0) is 51.8 Å². The van der Waals surface area contributed by atoms with Crippen molar-refractivity contribution in [2.45, 2.75) is 65.1 Å². The third-order valence-corrected chi connectivity index (χ3v) is 4.86. The van der Waals surface area contributed by atoms with Crippen molar-refractivity contribution in [2.24, 2.45) is 0 Å². The first-order valence-corrected chi connectivity index (χ1v) is 10.1. The number of ether oxygens (including phenoxy) is 1. The third kappa shape index (κ3) is 4.84. The molecule has 30 heavy (non-hydrogen) atoms. The van der Waals surface area contributed by atoms with Gasteiger partial charge in [0, 0.05) is 19.0 Å². The molecule has 1 atom stereocenters. The zero-order chi connectivity index (χ0) is 21.8. The molecule has 2 heterocycles. The summed E-state index contributed by atoms with van der Waals surface area (Å²) in [6.45, 7) is 5.54. The average molecular weight is 414 g/mol. The van der Waals surface area contributed by atoms with Crippen LogP contribution < -0.4 is 16.2 Å². The van der Waals surface area contributed by atoms with E-state index in [2.05, 4.69) is 15.6 Å². The van der Waals surface area contributed by atoms with Crippen molar-refractivity contribution in [1.82, 2.24) is 20.2 Å². The first kappa shape index (κ1) is 21.5. The predicted molar refractivity (Wildman–Crippen MR) is 110 cm³/mol. The second-order valence-corrected chi connectivity index (χ2v) is 7.69. The molecule has 0 saturated carbocycles. The van der Waals surface area contributed by atoms with Gasteiger partial charge in [0.15, 0.2) is 6.10 Å². The summed E-state index contributed by atoms with van der Waals surface area (Å²) in [5.41, 5.74) is 0.496. The number of nitrogens with one attached hydrogen (secondary N) is 2. The summed E-state index contributed by atoms with van der Waals surface area (Å²) in [5.74, 6) is -0.746. The van der Waals surface area contributed by atoms with E-state index in [9.17, 15) is 19.2 Å². The Labute approximate surface area is 173 Å². The van der Waals surface area contributed by atoms with Crippen LogP contribution in [-0.4, -0.2) is 39.6 Å². The number of aromatic nitrogens is 2. The summed E-state index contributed by atoms with van der Waals surface area (Å²) in [7, 11) is 0. The Balaban J connectivity index is 1.76. The van der Waals surface area contributed by atoms with Crippen molar-refractivity contribution in [3.63, 3.8) is 0 Å². The van der Waals surface area contributed by atoms with Gasteiger partial charge < -0.3 is 10.1 Å². The number of imide groups is 1. The fourth-order valence-corrected chi connectivity index (χ4v) is 3.34. The highest BCUT2D eigenvalue weighted by Crippen LogP contribution is 2.17. The number of carbonyl (C=O) groups excluding carboxylic acids is 3. The summed E-state index contributed by atoms with van der Waals surface area (Å²) in [6, 6.07) is 3.74. The number of benzene rings is 1. The lowest BCUT2D eigenvalue weighted by molar-refractivity contribution is -0.127. The molecule has 0 bridgehead atoms. The summed E-state index contributed by atoms with van der Waals surface area (Å²) in [6.07, 6.45) is 2.51. The Morgan fingerprint density at radius 3 is 2.63 bits per heavy atom. The second-order valence-electron chi connectivity index (χ2n) is 7.69. The molecule has 0 unspecified atom stereocenters. The minimum absolute atomic E-state index is 0.110. The molecule has 0 fully saturated rings. The first-order valence-electron chi connectivity index (χ1n) is 10.1. The SMILES string of the molecule is CC(C)NC(=O)NC(=O)[C@@H](C)OC(=O)c1ccc2c(=O)n3c(nc2c1)CCCCC3. The Kier molecular flexibility index (Phi) is 6.49. The maximum atomic E-state index is 12.8. The smallest absolute Gasteiger partial charge is 0.338 e. The second kappa shape index (κ2) is 9.06. The number of carbonyl (C=O) groups is 3. The van der Waals surface area contributed by atoms with Crippen molar-refractivity contribution < 1.29 is 19.1 Å². The molecule has 160 valence electrons. The summed E-state index contributed by atoms with van der Waals surface area (Å²) in [4.78, 5) is 53.5. The van der Waals surface area contributed by atoms with E-state index in [0.29, 0.717) is 17.4 Å². The quantitative estimate of drug-likeness (QED) is 0.738. The number of urea groups is 1. The highest BCUT2D eigenvalue weighted by atomic mass is 16.5. The van der Waals surface area contributed by atoms with Gasteiger partial charge in [-0.1, -0.05) is 6.42 Å². The van der Waals surface area contributed by atoms with Gasteiger partial charge in [-0.25, -0.2) is 14.6 Å². The van der Waals surface area contributed by atoms with E-state index < -0.39 is 24.0 Å². The number of amides is 3. The van der Waals surface area contributed by atoms with Crippen LogP contribution in [0.3, 0.4) is 0 Å². The fourth-order valence-electron chi connectivity index (χ4n) is 3.34. The molecule has 0 spiro atoms. The lowest BCUT2D eigenvalue weighted by Gasteiger charge is -2.15. The van der Waals surface area contributed by atoms with Crippen molar-refractivity contribution in [3.05, 3.63) is 39.9 Å². The highest BCUT2D eigenvalue weighted by Gasteiger charge is 2.22. The minimum atomic E-state index is -1.17. The Morgan fingerprint density at radius 2 is 1.90 bits per heavy atom. The van der Waals surface area contributed by atoms with Crippen LogP contribution in [0.4, 0.5) is 4.79 Å². The van der Waals surface area contributed by atoms with Crippen LogP contribution in [0.1, 0.15) is 56.2 Å². The van der Waals surface area contributed by atoms with E-state index in [0.717, 1.165) is 31.5 Å². The monoisotopic (exact) mass is 414 g/mol. The molecule has 0 radical (unpaired) electrons. The molecular formula is C21H26N4O5. The number of hydrogen-bond acceptors (Lipinski definition) is 6. The summed E-state index contributed by atoms with van der Waals surface area (Å²) < 4.78 is 6.88. The third-order valence-electron chi connectivity index (χ3n) is 4.86. The lowest BCUT2D eigenvalue weighted by atomic mass is 10.1. The van der Waals surface area contributed by atoms with Gasteiger partial charge in [-0.15, -0.1) is 0 Å². The lowest BCUT2D eigenvalue weighted by Crippen LogP contribution is -2.46. The fraction of sp³-hybridized carbons (Fsp3) is 0.476. The van der Waals surface area contributed by atoms with Crippen LogP contribution in [0.5, 0.6) is 0 Å². The largest absolute Gasteiger partial charge is 0.449 e. The van der Waals surface area contributed by atoms with E-state index in [1.807, 2.05) is 0 Å². The Bertz CT molecular complexity index is 1040. The van der Waals surface area contributed by atoms with E-state index in [1.54, 1.807) is 24.5 Å². The Hall–Kier alpha value is -3.23. The van der Waals surface area contributed by atoms with E-state index >= 15 is 0 Å². The molecule has 2 aromatic rings. The molecule has 0 aliphatic carbocycles. The maximum absolute atomic E-state index is 12.8. The van der Waals surface area contributed by atoms with Crippen LogP contribution in [0.2, 0.25) is 0 Å². The zero-order valence-corrected chi connectivity index (χ0v) is 17.4. The van der Waals surface area contributed by atoms with E-state index in [-0.39, 0.29) is 17.2 Å². The van der Waals surface area contributed by atoms with E-state index in [4.69, 9.17) is 4.74 Å². The first-order chi connectivity index (χ1) is 14.3. The predicted octanol–water partition coefficient (Wildman–Crippen LogP) is 1.90. The highest BCUT2D eigenvalue weighted by molar-refractivity contribution is 5.99. The van der Waals surface area contributed by atoms with Gasteiger partial charge >= 0.3 is 12.0 Å². The van der Waals surface area contributed by atoms with Gasteiger partial charge in [-0.2, -0.15) is 0 Å². The van der Waals surface area contributed by atoms with E-state index in [1.165, 1.54) is 19.1 Å². The molecule has 1 aliphatic heterocycles. The summed E-state index contributed by atoms with van der Waals surface area (Å²) in [5, 5.41) is 5.08. The van der Waals surface area contributed by atoms with Gasteiger partial charge in [-0.3, -0.25) is 19.5 Å². The number of hydrogen-bond donors (Lipinski definition) is 2. The molecule has 2 N–H and O–H groups in total. The van der Waals surface area contributed by atoms with Crippen molar-refractivity contribution in [2.75, 3.05) is 0 Å². The van der Waals surface area contributed by atoms with Gasteiger partial charge in [0.1, 0.15) is 5.82 Å². The topological polar surface area (TPSA) is 119 Å². The number of nitrogens with zero attached hydrogens (tertiary/aromatic N) is 2. The van der Waals surface area contributed by atoms with Crippen molar-refractivity contribution in [3.8, 4) is 0 Å². The molecule has 3 rings (SSSR count). The maximum Gasteiger partial charge on any atom is 0.338 e. The molecule has 9 heteroatoms. The summed E-state index contributed by atoms with van der Waals surface area (Å²) >= 11 is 0. The molecule has 1 aromatic heterocycles. The van der Waals surface area contributed by atoms with Gasteiger partial charge in [0.25, 0.3) is 11.5 Å². The molecular weight excluding hydrogens is 388 g/mol. The number of aryl methyl sites for hydroxylation is 1. The molecule has 1 aliphatic rings.